The van der Waals surface area contributed by atoms with Crippen molar-refractivity contribution in [2.24, 2.45) is 10.7 Å². The standard InChI is InChI=1S/C15H12N4S.ClH/c1-9-6-7-12-11(8-9)18-15-19(12)14(16)17-10-4-2-3-5-13(10)20-15;/h2-8H,1H3,(H2,16,17);1H. The molecule has 0 spiro atoms. The Morgan fingerprint density at radius 2 is 1.95 bits per heavy atom. The average molecular weight is 317 g/mol. The number of nitrogens with zero attached hydrogens (tertiary/aromatic N) is 3. The summed E-state index contributed by atoms with van der Waals surface area (Å²) < 4.78 is 1.92. The molecule has 0 fully saturated rings. The van der Waals surface area contributed by atoms with Crippen LogP contribution in [0, 0.1) is 6.92 Å². The summed E-state index contributed by atoms with van der Waals surface area (Å²) in [6, 6.07) is 14.1. The predicted molar refractivity (Wildman–Crippen MR) is 89.0 cm³/mol. The van der Waals surface area contributed by atoms with Crippen molar-refractivity contribution in [3.05, 3.63) is 48.0 Å². The minimum absolute atomic E-state index is 0. The molecule has 0 saturated heterocycles. The van der Waals surface area contributed by atoms with E-state index in [4.69, 9.17) is 5.73 Å². The molecule has 0 saturated carbocycles. The van der Waals surface area contributed by atoms with Crippen molar-refractivity contribution in [3.63, 3.8) is 0 Å². The van der Waals surface area contributed by atoms with Gasteiger partial charge in [-0.25, -0.2) is 9.98 Å². The number of aliphatic imine (C=N–C) groups is 1. The lowest BCUT2D eigenvalue weighted by Crippen LogP contribution is -2.21. The first-order valence-corrected chi connectivity index (χ1v) is 7.14. The highest BCUT2D eigenvalue weighted by Crippen LogP contribution is 2.38. The van der Waals surface area contributed by atoms with Gasteiger partial charge in [0.05, 0.1) is 16.7 Å². The Balaban J connectivity index is 0.00000132. The second-order valence-electron chi connectivity index (χ2n) is 4.76. The molecule has 0 bridgehead atoms. The number of aryl methyl sites for hydroxylation is 1. The van der Waals surface area contributed by atoms with Crippen LogP contribution in [0.3, 0.4) is 0 Å². The fraction of sp³-hybridized carbons (Fsp3) is 0.0667. The monoisotopic (exact) mass is 316 g/mol. The first kappa shape index (κ1) is 14.0. The van der Waals surface area contributed by atoms with Crippen LogP contribution in [0.4, 0.5) is 5.69 Å². The molecule has 4 nitrogen and oxygen atoms in total. The van der Waals surface area contributed by atoms with Gasteiger partial charge >= 0.3 is 0 Å². The minimum atomic E-state index is 0. The fourth-order valence-electron chi connectivity index (χ4n) is 2.37. The maximum atomic E-state index is 6.17. The van der Waals surface area contributed by atoms with Crippen LogP contribution in [0.2, 0.25) is 0 Å². The topological polar surface area (TPSA) is 56.2 Å². The van der Waals surface area contributed by atoms with Crippen molar-refractivity contribution in [1.82, 2.24) is 9.55 Å². The SMILES string of the molecule is Cc1ccc2c(c1)nc1n2C(N)=Nc2ccccc2S1.Cl. The van der Waals surface area contributed by atoms with E-state index in [1.165, 1.54) is 5.56 Å². The third kappa shape index (κ3) is 2.18. The molecule has 1 aliphatic heterocycles. The van der Waals surface area contributed by atoms with E-state index in [1.807, 2.05) is 34.9 Å². The van der Waals surface area contributed by atoms with Crippen LogP contribution in [-0.2, 0) is 0 Å². The molecule has 0 amide bonds. The molecule has 0 atom stereocenters. The Morgan fingerprint density at radius 1 is 1.14 bits per heavy atom. The molecule has 4 rings (SSSR count). The van der Waals surface area contributed by atoms with Crippen LogP contribution < -0.4 is 5.73 Å². The maximum Gasteiger partial charge on any atom is 0.207 e. The van der Waals surface area contributed by atoms with Crippen LogP contribution in [0.5, 0.6) is 0 Å². The molecule has 1 aromatic heterocycles. The van der Waals surface area contributed by atoms with Gasteiger partial charge in [0, 0.05) is 4.90 Å². The van der Waals surface area contributed by atoms with Gasteiger partial charge in [-0.05, 0) is 48.5 Å². The average Bonchev–Trinajstić information content (AvgIpc) is 2.71. The largest absolute Gasteiger partial charge is 0.369 e. The summed E-state index contributed by atoms with van der Waals surface area (Å²) in [5.74, 6) is 0.462. The van der Waals surface area contributed by atoms with E-state index >= 15 is 0 Å². The van der Waals surface area contributed by atoms with E-state index in [0.717, 1.165) is 26.8 Å². The van der Waals surface area contributed by atoms with Crippen LogP contribution in [0.15, 0.2) is 57.5 Å². The molecule has 21 heavy (non-hydrogen) atoms. The zero-order chi connectivity index (χ0) is 13.7. The normalized spacial score (nSPS) is 12.9. The lowest BCUT2D eigenvalue weighted by atomic mass is 10.2. The third-order valence-corrected chi connectivity index (χ3v) is 4.33. The molecule has 0 unspecified atom stereocenters. The number of benzene rings is 2. The molecule has 0 radical (unpaired) electrons. The number of rotatable bonds is 0. The van der Waals surface area contributed by atoms with E-state index in [2.05, 4.69) is 29.0 Å². The molecule has 2 aromatic carbocycles. The number of imidazole rings is 1. The van der Waals surface area contributed by atoms with Gasteiger partial charge in [0.15, 0.2) is 5.16 Å². The summed E-state index contributed by atoms with van der Waals surface area (Å²) in [6.45, 7) is 2.06. The van der Waals surface area contributed by atoms with Crippen molar-refractivity contribution in [1.29, 1.82) is 0 Å². The quantitative estimate of drug-likeness (QED) is 0.687. The molecule has 0 aliphatic carbocycles. The highest BCUT2D eigenvalue weighted by atomic mass is 35.5. The van der Waals surface area contributed by atoms with Gasteiger partial charge in [0.2, 0.25) is 5.96 Å². The Hall–Kier alpha value is -1.98. The first-order chi connectivity index (χ1) is 9.72. The van der Waals surface area contributed by atoms with E-state index in [1.54, 1.807) is 11.8 Å². The fourth-order valence-corrected chi connectivity index (χ4v) is 3.35. The highest BCUT2D eigenvalue weighted by molar-refractivity contribution is 7.99. The third-order valence-electron chi connectivity index (χ3n) is 3.31. The number of hydrogen-bond donors (Lipinski definition) is 1. The van der Waals surface area contributed by atoms with Crippen molar-refractivity contribution in [2.45, 2.75) is 17.0 Å². The van der Waals surface area contributed by atoms with Crippen LogP contribution in [-0.4, -0.2) is 15.5 Å². The van der Waals surface area contributed by atoms with E-state index in [9.17, 15) is 0 Å². The van der Waals surface area contributed by atoms with Crippen LogP contribution in [0.1, 0.15) is 5.56 Å². The molecule has 2 heterocycles. The molecule has 2 N–H and O–H groups in total. The van der Waals surface area contributed by atoms with Gasteiger partial charge in [0.1, 0.15) is 0 Å². The number of fused-ring (bicyclic) bond motifs is 4. The van der Waals surface area contributed by atoms with Crippen LogP contribution in [0.25, 0.3) is 11.0 Å². The zero-order valence-corrected chi connectivity index (χ0v) is 12.9. The number of hydrogen-bond acceptors (Lipinski definition) is 4. The Morgan fingerprint density at radius 3 is 2.81 bits per heavy atom. The Labute approximate surface area is 132 Å². The number of nitrogens with two attached hydrogens (primary N) is 1. The smallest absolute Gasteiger partial charge is 0.207 e. The second kappa shape index (κ2) is 5.09. The lowest BCUT2D eigenvalue weighted by molar-refractivity contribution is 0.959. The summed E-state index contributed by atoms with van der Waals surface area (Å²) in [5.41, 5.74) is 10.2. The molecule has 1 aliphatic rings. The van der Waals surface area contributed by atoms with Gasteiger partial charge in [-0.2, -0.15) is 0 Å². The van der Waals surface area contributed by atoms with E-state index in [0.29, 0.717) is 5.96 Å². The summed E-state index contributed by atoms with van der Waals surface area (Å²) in [5, 5.41) is 0.858. The molecule has 106 valence electrons. The highest BCUT2D eigenvalue weighted by Gasteiger charge is 2.19. The van der Waals surface area contributed by atoms with Crippen molar-refractivity contribution in [2.75, 3.05) is 0 Å². The van der Waals surface area contributed by atoms with Crippen molar-refractivity contribution < 1.29 is 0 Å². The maximum absolute atomic E-state index is 6.17. The summed E-state index contributed by atoms with van der Waals surface area (Å²) in [6.07, 6.45) is 0. The lowest BCUT2D eigenvalue weighted by Gasteiger charge is -2.03. The first-order valence-electron chi connectivity index (χ1n) is 6.33. The number of halogens is 1. The van der Waals surface area contributed by atoms with E-state index < -0.39 is 0 Å². The van der Waals surface area contributed by atoms with Gasteiger partial charge in [0.25, 0.3) is 0 Å². The zero-order valence-electron chi connectivity index (χ0n) is 11.3. The predicted octanol–water partition coefficient (Wildman–Crippen LogP) is 3.73. The van der Waals surface area contributed by atoms with Gasteiger partial charge in [-0.15, -0.1) is 12.4 Å². The number of aromatic nitrogens is 2. The molecular formula is C15H13ClN4S. The Bertz CT molecular complexity index is 869. The summed E-state index contributed by atoms with van der Waals surface area (Å²) in [4.78, 5) is 10.3. The van der Waals surface area contributed by atoms with E-state index in [-0.39, 0.29) is 12.4 Å². The van der Waals surface area contributed by atoms with Gasteiger partial charge in [-0.1, -0.05) is 18.2 Å². The second-order valence-corrected chi connectivity index (χ2v) is 5.77. The van der Waals surface area contributed by atoms with Crippen molar-refractivity contribution in [3.8, 4) is 0 Å². The molecule has 6 heteroatoms. The summed E-state index contributed by atoms with van der Waals surface area (Å²) in [7, 11) is 0. The van der Waals surface area contributed by atoms with Crippen LogP contribution >= 0.6 is 24.2 Å². The van der Waals surface area contributed by atoms with Gasteiger partial charge in [-0.3, -0.25) is 4.57 Å². The Kier molecular flexibility index (Phi) is 3.39. The number of para-hydroxylation sites is 1. The molecular weight excluding hydrogens is 304 g/mol. The summed E-state index contributed by atoms with van der Waals surface area (Å²) >= 11 is 1.60. The molecule has 3 aromatic rings. The van der Waals surface area contributed by atoms with Gasteiger partial charge < -0.3 is 5.73 Å². The minimum Gasteiger partial charge on any atom is -0.369 e. The van der Waals surface area contributed by atoms with Crippen molar-refractivity contribution >= 4 is 46.8 Å².